The molecule has 0 heterocycles. The molecule has 0 saturated carbocycles. The van der Waals surface area contributed by atoms with E-state index >= 15 is 0 Å². The number of nitrogens with zero attached hydrogens (tertiary/aromatic N) is 1. The molecule has 0 N–H and O–H groups in total. The highest BCUT2D eigenvalue weighted by molar-refractivity contribution is 6.25. The first-order valence-corrected chi connectivity index (χ1v) is 3.10. The van der Waals surface area contributed by atoms with Gasteiger partial charge in [0, 0.05) is 0 Å². The summed E-state index contributed by atoms with van der Waals surface area (Å²) in [5.74, 6) is 0. The van der Waals surface area contributed by atoms with Crippen molar-refractivity contribution in [3.8, 4) is 6.07 Å². The average Bonchev–Trinajstić information content (AvgIpc) is 1.67. The van der Waals surface area contributed by atoms with Crippen molar-refractivity contribution >= 4 is 11.6 Å². The van der Waals surface area contributed by atoms with Crippen LogP contribution in [0.5, 0.6) is 0 Å². The van der Waals surface area contributed by atoms with Crippen molar-refractivity contribution in [2.45, 2.75) is 31.6 Å². The second-order valence-electron chi connectivity index (χ2n) is 2.06. The van der Waals surface area contributed by atoms with Crippen LogP contribution in [-0.2, 0) is 0 Å². The maximum absolute atomic E-state index is 8.34. The number of nitriles is 1. The maximum atomic E-state index is 8.34. The van der Waals surface area contributed by atoms with Gasteiger partial charge in [-0.05, 0) is 13.3 Å². The van der Waals surface area contributed by atoms with Gasteiger partial charge in [0.15, 0.2) is 0 Å². The zero-order valence-corrected chi connectivity index (χ0v) is 6.00. The number of rotatable bonds is 2. The Balaban J connectivity index is 3.59. The highest BCUT2D eigenvalue weighted by Crippen LogP contribution is 2.18. The Kier molecular flexibility index (Phi) is 2.86. The van der Waals surface area contributed by atoms with Crippen molar-refractivity contribution < 1.29 is 0 Å². The van der Waals surface area contributed by atoms with Gasteiger partial charge in [0.2, 0.25) is 0 Å². The lowest BCUT2D eigenvalue weighted by molar-refractivity contribution is 0.681. The molecule has 0 bridgehead atoms. The molecule has 0 aliphatic rings. The minimum absolute atomic E-state index is 0.630. The molecule has 1 nitrogen and oxygen atoms in total. The van der Waals surface area contributed by atoms with E-state index < -0.39 is 4.87 Å². The SMILES string of the molecule is CCCC(C)(Cl)C#N. The van der Waals surface area contributed by atoms with Crippen molar-refractivity contribution in [2.24, 2.45) is 0 Å². The minimum atomic E-state index is -0.630. The molecular formula is C6H10ClN. The summed E-state index contributed by atoms with van der Waals surface area (Å²) in [7, 11) is 0. The van der Waals surface area contributed by atoms with Crippen molar-refractivity contribution in [3.05, 3.63) is 0 Å². The number of alkyl halides is 1. The summed E-state index contributed by atoms with van der Waals surface area (Å²) in [4.78, 5) is -0.630. The van der Waals surface area contributed by atoms with Gasteiger partial charge < -0.3 is 0 Å². The van der Waals surface area contributed by atoms with E-state index in [9.17, 15) is 0 Å². The molecule has 46 valence electrons. The molecule has 0 saturated heterocycles. The molecule has 8 heavy (non-hydrogen) atoms. The molecular weight excluding hydrogens is 122 g/mol. The zero-order valence-electron chi connectivity index (χ0n) is 5.24. The third-order valence-corrected chi connectivity index (χ3v) is 1.23. The molecule has 1 unspecified atom stereocenters. The third-order valence-electron chi connectivity index (χ3n) is 0.953. The Bertz CT molecular complexity index is 102. The van der Waals surface area contributed by atoms with Crippen LogP contribution < -0.4 is 0 Å². The summed E-state index contributed by atoms with van der Waals surface area (Å²) in [6, 6.07) is 2.01. The van der Waals surface area contributed by atoms with Crippen LogP contribution in [0.3, 0.4) is 0 Å². The van der Waals surface area contributed by atoms with Crippen LogP contribution in [0, 0.1) is 11.3 Å². The molecule has 0 aromatic rings. The lowest BCUT2D eigenvalue weighted by Crippen LogP contribution is -2.11. The minimum Gasteiger partial charge on any atom is -0.196 e. The summed E-state index contributed by atoms with van der Waals surface area (Å²) < 4.78 is 0. The molecule has 1 atom stereocenters. The van der Waals surface area contributed by atoms with Gasteiger partial charge in [-0.15, -0.1) is 11.6 Å². The van der Waals surface area contributed by atoms with Crippen molar-refractivity contribution in [1.82, 2.24) is 0 Å². The molecule has 0 aliphatic carbocycles. The molecule has 0 radical (unpaired) electrons. The van der Waals surface area contributed by atoms with E-state index in [-0.39, 0.29) is 0 Å². The van der Waals surface area contributed by atoms with E-state index in [4.69, 9.17) is 16.9 Å². The van der Waals surface area contributed by atoms with Gasteiger partial charge in [0.05, 0.1) is 6.07 Å². The lowest BCUT2D eigenvalue weighted by atomic mass is 10.1. The largest absolute Gasteiger partial charge is 0.196 e. The predicted octanol–water partition coefficient (Wildman–Crippen LogP) is 2.31. The smallest absolute Gasteiger partial charge is 0.128 e. The van der Waals surface area contributed by atoms with Crippen LogP contribution in [0.15, 0.2) is 0 Å². The number of hydrogen-bond donors (Lipinski definition) is 0. The first kappa shape index (κ1) is 7.78. The Morgan fingerprint density at radius 2 is 2.25 bits per heavy atom. The van der Waals surface area contributed by atoms with Crippen LogP contribution in [0.4, 0.5) is 0 Å². The number of halogens is 1. The first-order chi connectivity index (χ1) is 3.62. The van der Waals surface area contributed by atoms with Crippen LogP contribution in [0.25, 0.3) is 0 Å². The van der Waals surface area contributed by atoms with Gasteiger partial charge >= 0.3 is 0 Å². The van der Waals surface area contributed by atoms with Crippen LogP contribution in [0.2, 0.25) is 0 Å². The summed E-state index contributed by atoms with van der Waals surface area (Å²) in [6.45, 7) is 3.75. The predicted molar refractivity (Wildman–Crippen MR) is 34.8 cm³/mol. The topological polar surface area (TPSA) is 23.8 Å². The van der Waals surface area contributed by atoms with E-state index in [0.29, 0.717) is 0 Å². The normalized spacial score (nSPS) is 16.8. The fourth-order valence-electron chi connectivity index (χ4n) is 0.525. The van der Waals surface area contributed by atoms with Crippen LogP contribution in [-0.4, -0.2) is 4.87 Å². The monoisotopic (exact) mass is 131 g/mol. The zero-order chi connectivity index (χ0) is 6.62. The summed E-state index contributed by atoms with van der Waals surface area (Å²) in [5.41, 5.74) is 0. The highest BCUT2D eigenvalue weighted by atomic mass is 35.5. The van der Waals surface area contributed by atoms with Gasteiger partial charge in [0.1, 0.15) is 4.87 Å². The first-order valence-electron chi connectivity index (χ1n) is 2.72. The van der Waals surface area contributed by atoms with Gasteiger partial charge in [-0.2, -0.15) is 5.26 Å². The lowest BCUT2D eigenvalue weighted by Gasteiger charge is -2.08. The van der Waals surface area contributed by atoms with Gasteiger partial charge in [-0.25, -0.2) is 0 Å². The van der Waals surface area contributed by atoms with E-state index in [1.807, 2.05) is 13.0 Å². The second-order valence-corrected chi connectivity index (χ2v) is 2.89. The molecule has 0 fully saturated rings. The maximum Gasteiger partial charge on any atom is 0.128 e. The molecule has 0 aliphatic heterocycles. The molecule has 0 rings (SSSR count). The Morgan fingerprint density at radius 1 is 1.75 bits per heavy atom. The molecule has 0 spiro atoms. The van der Waals surface area contributed by atoms with Gasteiger partial charge in [0.25, 0.3) is 0 Å². The van der Waals surface area contributed by atoms with E-state index in [2.05, 4.69) is 0 Å². The summed E-state index contributed by atoms with van der Waals surface area (Å²) >= 11 is 5.66. The van der Waals surface area contributed by atoms with E-state index in [1.54, 1.807) is 6.92 Å². The Morgan fingerprint density at radius 3 is 2.38 bits per heavy atom. The quantitative estimate of drug-likeness (QED) is 0.528. The fourth-order valence-corrected chi connectivity index (χ4v) is 0.714. The molecule has 0 aromatic heterocycles. The summed E-state index contributed by atoms with van der Waals surface area (Å²) in [6.07, 6.45) is 1.73. The van der Waals surface area contributed by atoms with Crippen LogP contribution >= 0.6 is 11.6 Å². The second kappa shape index (κ2) is 2.94. The van der Waals surface area contributed by atoms with Crippen LogP contribution in [0.1, 0.15) is 26.7 Å². The average molecular weight is 132 g/mol. The standard InChI is InChI=1S/C6H10ClN/c1-3-4-6(2,7)5-8/h3-4H2,1-2H3. The fraction of sp³-hybridized carbons (Fsp3) is 0.833. The van der Waals surface area contributed by atoms with Crippen molar-refractivity contribution in [3.63, 3.8) is 0 Å². The van der Waals surface area contributed by atoms with E-state index in [1.165, 1.54) is 0 Å². The third kappa shape index (κ3) is 2.87. The molecule has 2 heteroatoms. The Labute approximate surface area is 55.3 Å². The van der Waals surface area contributed by atoms with Crippen molar-refractivity contribution in [2.75, 3.05) is 0 Å². The van der Waals surface area contributed by atoms with Gasteiger partial charge in [-0.3, -0.25) is 0 Å². The highest BCUT2D eigenvalue weighted by Gasteiger charge is 2.16. The Hall–Kier alpha value is -0.220. The van der Waals surface area contributed by atoms with Gasteiger partial charge in [-0.1, -0.05) is 13.3 Å². The molecule has 0 aromatic carbocycles. The van der Waals surface area contributed by atoms with E-state index in [0.717, 1.165) is 12.8 Å². The number of hydrogen-bond acceptors (Lipinski definition) is 1. The summed E-state index contributed by atoms with van der Waals surface area (Å²) in [5, 5.41) is 8.34. The molecule has 0 amide bonds. The van der Waals surface area contributed by atoms with Crippen molar-refractivity contribution in [1.29, 1.82) is 5.26 Å².